The molecule has 0 bridgehead atoms. The van der Waals surface area contributed by atoms with E-state index in [1.165, 1.54) is 16.7 Å². The van der Waals surface area contributed by atoms with Crippen LogP contribution in [0.4, 0.5) is 17.5 Å². The number of rotatable bonds is 5. The molecular weight excluding hydrogens is 396 g/mol. The van der Waals surface area contributed by atoms with Gasteiger partial charge in [0.1, 0.15) is 5.82 Å². The van der Waals surface area contributed by atoms with Crippen molar-refractivity contribution in [1.29, 1.82) is 0 Å². The number of nitrogens with one attached hydrogen (secondary N) is 1. The Morgan fingerprint density at radius 1 is 0.969 bits per heavy atom. The molecule has 0 amide bonds. The highest BCUT2D eigenvalue weighted by Crippen LogP contribution is 2.29. The van der Waals surface area contributed by atoms with Crippen molar-refractivity contribution >= 4 is 28.5 Å². The van der Waals surface area contributed by atoms with E-state index in [-0.39, 0.29) is 0 Å². The monoisotopic (exact) mass is 426 g/mol. The molecule has 1 saturated heterocycles. The van der Waals surface area contributed by atoms with Crippen LogP contribution in [-0.2, 0) is 13.5 Å². The van der Waals surface area contributed by atoms with Gasteiger partial charge in [-0.2, -0.15) is 15.1 Å². The van der Waals surface area contributed by atoms with Gasteiger partial charge in [-0.05, 0) is 67.9 Å². The Labute approximate surface area is 189 Å². The second-order valence-electron chi connectivity index (χ2n) is 8.92. The smallest absolute Gasteiger partial charge is 0.229 e. The average molecular weight is 427 g/mol. The molecule has 2 aromatic carbocycles. The summed E-state index contributed by atoms with van der Waals surface area (Å²) in [6.45, 7) is 6.21. The van der Waals surface area contributed by atoms with E-state index in [2.05, 4.69) is 77.7 Å². The molecule has 1 N–H and O–H groups in total. The van der Waals surface area contributed by atoms with Crippen LogP contribution in [0.1, 0.15) is 29.5 Å². The zero-order chi connectivity index (χ0) is 22.1. The van der Waals surface area contributed by atoms with Gasteiger partial charge < -0.3 is 10.2 Å². The first-order chi connectivity index (χ1) is 15.6. The average Bonchev–Trinajstić information content (AvgIpc) is 3.18. The van der Waals surface area contributed by atoms with Crippen LogP contribution in [0, 0.1) is 19.8 Å². The van der Waals surface area contributed by atoms with Crippen LogP contribution in [0.2, 0.25) is 0 Å². The van der Waals surface area contributed by atoms with Crippen molar-refractivity contribution in [1.82, 2.24) is 19.7 Å². The van der Waals surface area contributed by atoms with Crippen LogP contribution in [0.25, 0.3) is 11.0 Å². The number of piperidine rings is 1. The van der Waals surface area contributed by atoms with E-state index in [0.717, 1.165) is 60.8 Å². The predicted octanol–water partition coefficient (Wildman–Crippen LogP) is 5.18. The molecule has 0 atom stereocenters. The highest BCUT2D eigenvalue weighted by molar-refractivity contribution is 5.89. The second-order valence-corrected chi connectivity index (χ2v) is 8.92. The van der Waals surface area contributed by atoms with Gasteiger partial charge in [0, 0.05) is 25.8 Å². The molecule has 1 aliphatic rings. The van der Waals surface area contributed by atoms with Crippen molar-refractivity contribution in [3.05, 3.63) is 71.4 Å². The standard InChI is InChI=1S/C26H30N6/c1-18-9-10-22(15-19(18)2)28-24-23-17-27-31(3)25(23)30-26(29-24)32-13-11-21(12-14-32)16-20-7-5-4-6-8-20/h4-10,15,17,21H,11-14,16H2,1-3H3,(H,28,29,30). The van der Waals surface area contributed by atoms with Crippen molar-refractivity contribution < 1.29 is 0 Å². The molecule has 4 aromatic rings. The molecule has 0 unspecified atom stereocenters. The Morgan fingerprint density at radius 2 is 1.75 bits per heavy atom. The lowest BCUT2D eigenvalue weighted by atomic mass is 9.90. The summed E-state index contributed by atoms with van der Waals surface area (Å²) in [5.74, 6) is 2.31. The molecule has 1 aliphatic heterocycles. The normalized spacial score (nSPS) is 14.8. The van der Waals surface area contributed by atoms with Crippen LogP contribution in [0.3, 0.4) is 0 Å². The van der Waals surface area contributed by atoms with Crippen LogP contribution in [0.5, 0.6) is 0 Å². The first kappa shape index (κ1) is 20.5. The number of hydrogen-bond donors (Lipinski definition) is 1. The third kappa shape index (κ3) is 4.17. The van der Waals surface area contributed by atoms with Crippen molar-refractivity contribution in [3.63, 3.8) is 0 Å². The van der Waals surface area contributed by atoms with Gasteiger partial charge in [-0.15, -0.1) is 0 Å². The summed E-state index contributed by atoms with van der Waals surface area (Å²) in [5.41, 5.74) is 5.85. The lowest BCUT2D eigenvalue weighted by Crippen LogP contribution is -2.35. The van der Waals surface area contributed by atoms with Gasteiger partial charge in [0.05, 0.1) is 11.6 Å². The maximum Gasteiger partial charge on any atom is 0.229 e. The molecule has 2 aromatic heterocycles. The van der Waals surface area contributed by atoms with Crippen molar-refractivity contribution in [2.45, 2.75) is 33.1 Å². The number of aromatic nitrogens is 4. The Kier molecular flexibility index (Phi) is 5.52. The maximum absolute atomic E-state index is 4.94. The summed E-state index contributed by atoms with van der Waals surface area (Å²) in [6, 6.07) is 17.2. The van der Waals surface area contributed by atoms with E-state index in [1.807, 2.05) is 17.9 Å². The molecule has 1 fully saturated rings. The van der Waals surface area contributed by atoms with Gasteiger partial charge in [0.2, 0.25) is 5.95 Å². The van der Waals surface area contributed by atoms with Gasteiger partial charge in [-0.1, -0.05) is 36.4 Å². The van der Waals surface area contributed by atoms with Crippen LogP contribution in [0.15, 0.2) is 54.7 Å². The molecule has 6 heteroatoms. The molecule has 6 nitrogen and oxygen atoms in total. The molecular formula is C26H30N6. The minimum absolute atomic E-state index is 0.710. The van der Waals surface area contributed by atoms with Crippen molar-refractivity contribution in [3.8, 4) is 0 Å². The summed E-state index contributed by atoms with van der Waals surface area (Å²) >= 11 is 0. The number of hydrogen-bond acceptors (Lipinski definition) is 5. The molecule has 0 saturated carbocycles. The molecule has 0 radical (unpaired) electrons. The summed E-state index contributed by atoms with van der Waals surface area (Å²) < 4.78 is 1.83. The molecule has 0 aliphatic carbocycles. The summed E-state index contributed by atoms with van der Waals surface area (Å²) in [4.78, 5) is 12.1. The van der Waals surface area contributed by atoms with Gasteiger partial charge in [0.15, 0.2) is 5.65 Å². The largest absolute Gasteiger partial charge is 0.341 e. The molecule has 3 heterocycles. The lowest BCUT2D eigenvalue weighted by molar-refractivity contribution is 0.401. The fourth-order valence-corrected chi connectivity index (χ4v) is 4.49. The Balaban J connectivity index is 1.37. The van der Waals surface area contributed by atoms with Gasteiger partial charge >= 0.3 is 0 Å². The Morgan fingerprint density at radius 3 is 2.50 bits per heavy atom. The number of anilines is 3. The highest BCUT2D eigenvalue weighted by atomic mass is 15.3. The second kappa shape index (κ2) is 8.61. The highest BCUT2D eigenvalue weighted by Gasteiger charge is 2.23. The molecule has 5 rings (SSSR count). The van der Waals surface area contributed by atoms with Gasteiger partial charge in [-0.25, -0.2) is 0 Å². The SMILES string of the molecule is Cc1ccc(Nc2nc(N3CCC(Cc4ccccc4)CC3)nc3c2cnn3C)cc1C. The Hall–Kier alpha value is -3.41. The summed E-state index contributed by atoms with van der Waals surface area (Å²) in [6.07, 6.45) is 5.30. The minimum atomic E-state index is 0.710. The molecule has 164 valence electrons. The number of benzene rings is 2. The topological polar surface area (TPSA) is 58.9 Å². The quantitative estimate of drug-likeness (QED) is 0.476. The zero-order valence-corrected chi connectivity index (χ0v) is 19.0. The van der Waals surface area contributed by atoms with Crippen LogP contribution in [-0.4, -0.2) is 32.8 Å². The van der Waals surface area contributed by atoms with E-state index >= 15 is 0 Å². The lowest BCUT2D eigenvalue weighted by Gasteiger charge is -2.32. The molecule has 32 heavy (non-hydrogen) atoms. The number of aryl methyl sites for hydroxylation is 3. The van der Waals surface area contributed by atoms with Gasteiger partial charge in [0.25, 0.3) is 0 Å². The van der Waals surface area contributed by atoms with Crippen molar-refractivity contribution in [2.24, 2.45) is 13.0 Å². The third-order valence-corrected chi connectivity index (χ3v) is 6.61. The predicted molar refractivity (Wildman–Crippen MR) is 131 cm³/mol. The zero-order valence-electron chi connectivity index (χ0n) is 19.0. The summed E-state index contributed by atoms with van der Waals surface area (Å²) in [7, 11) is 1.94. The van der Waals surface area contributed by atoms with E-state index in [0.29, 0.717) is 5.92 Å². The third-order valence-electron chi connectivity index (χ3n) is 6.61. The number of fused-ring (bicyclic) bond motifs is 1. The summed E-state index contributed by atoms with van der Waals surface area (Å²) in [5, 5.41) is 8.89. The van der Waals surface area contributed by atoms with Gasteiger partial charge in [-0.3, -0.25) is 4.68 Å². The molecule has 0 spiro atoms. The first-order valence-electron chi connectivity index (χ1n) is 11.4. The number of nitrogens with zero attached hydrogens (tertiary/aromatic N) is 5. The van der Waals surface area contributed by atoms with E-state index in [1.54, 1.807) is 0 Å². The fraction of sp³-hybridized carbons (Fsp3) is 0.346. The van der Waals surface area contributed by atoms with Crippen LogP contribution >= 0.6 is 0 Å². The van der Waals surface area contributed by atoms with Crippen molar-refractivity contribution in [2.75, 3.05) is 23.3 Å². The maximum atomic E-state index is 4.94. The fourth-order valence-electron chi connectivity index (χ4n) is 4.49. The Bertz CT molecular complexity index is 1220. The van der Waals surface area contributed by atoms with E-state index in [4.69, 9.17) is 9.97 Å². The minimum Gasteiger partial charge on any atom is -0.341 e. The van der Waals surface area contributed by atoms with E-state index < -0.39 is 0 Å². The van der Waals surface area contributed by atoms with Crippen LogP contribution < -0.4 is 10.2 Å². The first-order valence-corrected chi connectivity index (χ1v) is 11.4. The van der Waals surface area contributed by atoms with E-state index in [9.17, 15) is 0 Å².